The number of hydrogen-bond donors (Lipinski definition) is 0. The van der Waals surface area contributed by atoms with E-state index in [0.29, 0.717) is 11.3 Å². The molecule has 0 saturated heterocycles. The van der Waals surface area contributed by atoms with Crippen molar-refractivity contribution in [2.24, 2.45) is 22.2 Å². The second-order valence-corrected chi connectivity index (χ2v) is 7.65. The fourth-order valence-corrected chi connectivity index (χ4v) is 4.20. The van der Waals surface area contributed by atoms with E-state index >= 15 is 0 Å². The number of carbonyl (C=O) groups is 1. The van der Waals surface area contributed by atoms with Gasteiger partial charge in [-0.1, -0.05) is 27.2 Å². The van der Waals surface area contributed by atoms with Crippen molar-refractivity contribution in [3.05, 3.63) is 0 Å². The summed E-state index contributed by atoms with van der Waals surface area (Å²) in [6, 6.07) is 0. The zero-order valence-corrected chi connectivity index (χ0v) is 12.7. The molecule has 2 fully saturated rings. The van der Waals surface area contributed by atoms with Crippen LogP contribution < -0.4 is 0 Å². The van der Waals surface area contributed by atoms with Gasteiger partial charge in [0.2, 0.25) is 0 Å². The average molecular weight is 263 g/mol. The van der Waals surface area contributed by atoms with Gasteiger partial charge in [-0.05, 0) is 50.4 Å². The molecule has 3 heteroatoms. The third-order valence-electron chi connectivity index (χ3n) is 5.80. The number of fused-ring (bicyclic) bond motifs is 2. The Balaban J connectivity index is 1.95. The first-order valence-corrected chi connectivity index (χ1v) is 7.55. The van der Waals surface area contributed by atoms with Crippen LogP contribution in [0.4, 0.5) is 0 Å². The Morgan fingerprint density at radius 1 is 1.26 bits per heavy atom. The number of nitrogens with zero attached hydrogens (tertiary/aromatic N) is 1. The molecular weight excluding hydrogens is 238 g/mol. The minimum Gasteiger partial charge on any atom is -0.451 e. The molecule has 3 aliphatic rings. The summed E-state index contributed by atoms with van der Waals surface area (Å²) in [5.74, 6) is 1.30. The number of aliphatic imine (C=N–C) groups is 1. The molecule has 0 bridgehead atoms. The van der Waals surface area contributed by atoms with Gasteiger partial charge in [0.05, 0.1) is 5.71 Å². The zero-order chi connectivity index (χ0) is 14.1. The maximum atomic E-state index is 12.3. The summed E-state index contributed by atoms with van der Waals surface area (Å²) in [5, 5.41) is 0. The predicted octanol–water partition coefficient (Wildman–Crippen LogP) is 3.37. The fourth-order valence-electron chi connectivity index (χ4n) is 4.20. The molecule has 106 valence electrons. The van der Waals surface area contributed by atoms with E-state index in [0.717, 1.165) is 37.3 Å². The fraction of sp³-hybridized carbons (Fsp3) is 0.875. The maximum Gasteiger partial charge on any atom is 0.334 e. The van der Waals surface area contributed by atoms with E-state index < -0.39 is 11.1 Å². The van der Waals surface area contributed by atoms with Crippen molar-refractivity contribution in [2.75, 3.05) is 0 Å². The molecule has 0 aromatic heterocycles. The lowest BCUT2D eigenvalue weighted by Crippen LogP contribution is -2.54. The van der Waals surface area contributed by atoms with E-state index in [1.54, 1.807) is 0 Å². The van der Waals surface area contributed by atoms with Crippen LogP contribution in [0.3, 0.4) is 0 Å². The standard InChI is InChI=1S/C16H25NO2/c1-6-7-15(4)13(18)19-16(5)9-11-10(14(11,2)3)8-12(16)17-15/h10-11H,6-9H2,1-5H3/t10-,11+,15+,16+/m1/s1. The van der Waals surface area contributed by atoms with Gasteiger partial charge in [0.15, 0.2) is 5.54 Å². The number of ether oxygens (including phenoxy) is 1. The average Bonchev–Trinajstić information content (AvgIpc) is 2.79. The zero-order valence-electron chi connectivity index (χ0n) is 12.7. The van der Waals surface area contributed by atoms with Crippen LogP contribution in [0.2, 0.25) is 0 Å². The summed E-state index contributed by atoms with van der Waals surface area (Å²) in [6.07, 6.45) is 3.71. The van der Waals surface area contributed by atoms with Crippen molar-refractivity contribution in [1.82, 2.24) is 0 Å². The number of hydrogen-bond acceptors (Lipinski definition) is 3. The number of carbonyl (C=O) groups excluding carboxylic acids is 1. The lowest BCUT2D eigenvalue weighted by molar-refractivity contribution is -0.162. The molecule has 19 heavy (non-hydrogen) atoms. The van der Waals surface area contributed by atoms with Gasteiger partial charge < -0.3 is 4.74 Å². The van der Waals surface area contributed by atoms with Crippen molar-refractivity contribution in [1.29, 1.82) is 0 Å². The summed E-state index contributed by atoms with van der Waals surface area (Å²) in [6.45, 7) is 10.7. The van der Waals surface area contributed by atoms with Crippen LogP contribution in [0.1, 0.15) is 60.3 Å². The van der Waals surface area contributed by atoms with Crippen molar-refractivity contribution in [3.63, 3.8) is 0 Å². The minimum absolute atomic E-state index is 0.127. The Labute approximate surface area is 115 Å². The van der Waals surface area contributed by atoms with E-state index in [-0.39, 0.29) is 5.97 Å². The second-order valence-electron chi connectivity index (χ2n) is 7.65. The molecule has 3 rings (SSSR count). The topological polar surface area (TPSA) is 38.7 Å². The van der Waals surface area contributed by atoms with Crippen molar-refractivity contribution in [2.45, 2.75) is 71.4 Å². The summed E-state index contributed by atoms with van der Waals surface area (Å²) in [4.78, 5) is 17.2. The summed E-state index contributed by atoms with van der Waals surface area (Å²) >= 11 is 0. The molecule has 0 radical (unpaired) electrons. The normalized spacial score (nSPS) is 46.8. The molecule has 0 spiro atoms. The van der Waals surface area contributed by atoms with Gasteiger partial charge in [0, 0.05) is 0 Å². The van der Waals surface area contributed by atoms with Crippen LogP contribution in [0.25, 0.3) is 0 Å². The molecule has 0 N–H and O–H groups in total. The largest absolute Gasteiger partial charge is 0.451 e. The predicted molar refractivity (Wildman–Crippen MR) is 75.2 cm³/mol. The first-order valence-electron chi connectivity index (χ1n) is 7.55. The van der Waals surface area contributed by atoms with Gasteiger partial charge >= 0.3 is 5.97 Å². The van der Waals surface area contributed by atoms with Crippen LogP contribution in [0, 0.1) is 17.3 Å². The van der Waals surface area contributed by atoms with E-state index in [9.17, 15) is 4.79 Å². The minimum atomic E-state index is -0.643. The second kappa shape index (κ2) is 3.62. The van der Waals surface area contributed by atoms with Gasteiger partial charge in [-0.25, -0.2) is 4.79 Å². The Hall–Kier alpha value is -0.860. The molecular formula is C16H25NO2. The van der Waals surface area contributed by atoms with Gasteiger partial charge in [0.25, 0.3) is 0 Å². The summed E-state index contributed by atoms with van der Waals surface area (Å²) in [7, 11) is 0. The lowest BCUT2D eigenvalue weighted by atomic mass is 9.81. The Bertz CT molecular complexity index is 467. The van der Waals surface area contributed by atoms with Crippen LogP contribution >= 0.6 is 0 Å². The monoisotopic (exact) mass is 263 g/mol. The Morgan fingerprint density at radius 3 is 2.58 bits per heavy atom. The van der Waals surface area contributed by atoms with Crippen molar-refractivity contribution >= 4 is 11.7 Å². The molecule has 1 aliphatic heterocycles. The molecule has 0 unspecified atom stereocenters. The Morgan fingerprint density at radius 2 is 1.95 bits per heavy atom. The summed E-state index contributed by atoms with van der Waals surface area (Å²) < 4.78 is 5.87. The lowest BCUT2D eigenvalue weighted by Gasteiger charge is -2.42. The highest BCUT2D eigenvalue weighted by Crippen LogP contribution is 2.66. The maximum absolute atomic E-state index is 12.3. The molecule has 0 aromatic rings. The van der Waals surface area contributed by atoms with E-state index in [4.69, 9.17) is 9.73 Å². The number of esters is 1. The first-order chi connectivity index (χ1) is 8.73. The molecule has 4 atom stereocenters. The van der Waals surface area contributed by atoms with Crippen LogP contribution in [-0.2, 0) is 9.53 Å². The van der Waals surface area contributed by atoms with Crippen molar-refractivity contribution < 1.29 is 9.53 Å². The Kier molecular flexibility index (Phi) is 2.50. The molecule has 0 aromatic carbocycles. The molecule has 1 heterocycles. The van der Waals surface area contributed by atoms with E-state index in [1.165, 1.54) is 0 Å². The summed E-state index contributed by atoms with van der Waals surface area (Å²) in [5.41, 5.74) is 0.459. The smallest absolute Gasteiger partial charge is 0.334 e. The van der Waals surface area contributed by atoms with Crippen LogP contribution in [0.15, 0.2) is 4.99 Å². The third-order valence-corrected chi connectivity index (χ3v) is 5.80. The highest BCUT2D eigenvalue weighted by atomic mass is 16.6. The molecule has 3 nitrogen and oxygen atoms in total. The van der Waals surface area contributed by atoms with Gasteiger partial charge in [-0.3, -0.25) is 4.99 Å². The molecule has 0 amide bonds. The van der Waals surface area contributed by atoms with Crippen LogP contribution in [-0.4, -0.2) is 22.8 Å². The van der Waals surface area contributed by atoms with Crippen molar-refractivity contribution in [3.8, 4) is 0 Å². The SMILES string of the molecule is CCC[C@]1(C)N=C2C[C@@H]3[C@H](C[C@]2(C)OC1=O)C3(C)C. The molecule has 2 saturated carbocycles. The highest BCUT2D eigenvalue weighted by Gasteiger charge is 2.65. The quantitative estimate of drug-likeness (QED) is 0.716. The molecule has 2 aliphatic carbocycles. The van der Waals surface area contributed by atoms with Gasteiger partial charge in [-0.2, -0.15) is 0 Å². The highest BCUT2D eigenvalue weighted by molar-refractivity contribution is 6.01. The third kappa shape index (κ3) is 1.70. The van der Waals surface area contributed by atoms with Crippen LogP contribution in [0.5, 0.6) is 0 Å². The van der Waals surface area contributed by atoms with E-state index in [1.807, 2.05) is 6.92 Å². The van der Waals surface area contributed by atoms with E-state index in [2.05, 4.69) is 27.7 Å². The van der Waals surface area contributed by atoms with Gasteiger partial charge in [0.1, 0.15) is 5.60 Å². The number of rotatable bonds is 2. The van der Waals surface area contributed by atoms with Gasteiger partial charge in [-0.15, -0.1) is 0 Å². The first kappa shape index (κ1) is 13.1.